The SMILES string of the molecule is [O]COc1cccc(OC(F)(F)F)c1. The molecule has 3 nitrogen and oxygen atoms in total. The Morgan fingerprint density at radius 1 is 1.21 bits per heavy atom. The summed E-state index contributed by atoms with van der Waals surface area (Å²) in [5.41, 5.74) is 0. The second-order valence-corrected chi connectivity index (χ2v) is 2.28. The Balaban J connectivity index is 2.73. The van der Waals surface area contributed by atoms with Crippen LogP contribution in [0.1, 0.15) is 0 Å². The molecule has 0 unspecified atom stereocenters. The van der Waals surface area contributed by atoms with Crippen LogP contribution >= 0.6 is 0 Å². The number of ether oxygens (including phenoxy) is 2. The number of halogens is 3. The van der Waals surface area contributed by atoms with E-state index in [2.05, 4.69) is 9.47 Å². The molecule has 0 bridgehead atoms. The molecule has 0 aromatic heterocycles. The largest absolute Gasteiger partial charge is 0.573 e. The highest BCUT2D eigenvalue weighted by atomic mass is 19.4. The molecule has 14 heavy (non-hydrogen) atoms. The van der Waals surface area contributed by atoms with Gasteiger partial charge in [0.25, 0.3) is 0 Å². The zero-order valence-corrected chi connectivity index (χ0v) is 6.88. The van der Waals surface area contributed by atoms with E-state index >= 15 is 0 Å². The van der Waals surface area contributed by atoms with Crippen molar-refractivity contribution in [3.05, 3.63) is 24.3 Å². The zero-order chi connectivity index (χ0) is 10.6. The van der Waals surface area contributed by atoms with Crippen molar-refractivity contribution < 1.29 is 27.8 Å². The molecule has 0 atom stereocenters. The number of rotatable bonds is 3. The average Bonchev–Trinajstić information content (AvgIpc) is 2.02. The molecule has 0 N–H and O–H groups in total. The second-order valence-electron chi connectivity index (χ2n) is 2.28. The molecule has 1 aromatic rings. The van der Waals surface area contributed by atoms with Gasteiger partial charge in [0.1, 0.15) is 11.5 Å². The van der Waals surface area contributed by atoms with E-state index in [1.54, 1.807) is 0 Å². The van der Waals surface area contributed by atoms with Crippen LogP contribution in [0.25, 0.3) is 0 Å². The van der Waals surface area contributed by atoms with Crippen LogP contribution in [-0.2, 0) is 5.11 Å². The third kappa shape index (κ3) is 3.53. The van der Waals surface area contributed by atoms with E-state index in [1.807, 2.05) is 0 Å². The topological polar surface area (TPSA) is 38.4 Å². The first kappa shape index (κ1) is 10.6. The second kappa shape index (κ2) is 4.19. The summed E-state index contributed by atoms with van der Waals surface area (Å²) < 4.78 is 43.3. The first-order chi connectivity index (χ1) is 6.51. The fourth-order valence-corrected chi connectivity index (χ4v) is 0.829. The van der Waals surface area contributed by atoms with E-state index in [0.717, 1.165) is 12.1 Å². The summed E-state index contributed by atoms with van der Waals surface area (Å²) in [6.07, 6.45) is -4.74. The average molecular weight is 207 g/mol. The Labute approximate surface area is 77.7 Å². The maximum Gasteiger partial charge on any atom is 0.573 e. The summed E-state index contributed by atoms with van der Waals surface area (Å²) in [4.78, 5) is 0. The molecule has 1 aromatic carbocycles. The van der Waals surface area contributed by atoms with Crippen LogP contribution in [0.2, 0.25) is 0 Å². The van der Waals surface area contributed by atoms with Gasteiger partial charge in [0, 0.05) is 6.07 Å². The predicted octanol–water partition coefficient (Wildman–Crippen LogP) is 2.35. The van der Waals surface area contributed by atoms with Gasteiger partial charge in [-0.3, -0.25) is 0 Å². The van der Waals surface area contributed by atoms with E-state index < -0.39 is 18.9 Å². The van der Waals surface area contributed by atoms with Crippen molar-refractivity contribution in [2.45, 2.75) is 6.36 Å². The van der Waals surface area contributed by atoms with Crippen molar-refractivity contribution in [1.82, 2.24) is 0 Å². The Bertz CT molecular complexity index is 298. The van der Waals surface area contributed by atoms with Crippen LogP contribution in [0.4, 0.5) is 13.2 Å². The molecule has 0 saturated carbocycles. The lowest BCUT2D eigenvalue weighted by Crippen LogP contribution is -2.17. The van der Waals surface area contributed by atoms with Crippen LogP contribution in [0.3, 0.4) is 0 Å². The first-order valence-electron chi connectivity index (χ1n) is 3.58. The smallest absolute Gasteiger partial charge is 0.465 e. The zero-order valence-electron chi connectivity index (χ0n) is 6.88. The van der Waals surface area contributed by atoms with Gasteiger partial charge in [0.05, 0.1) is 0 Å². The van der Waals surface area contributed by atoms with Crippen LogP contribution in [0.15, 0.2) is 24.3 Å². The van der Waals surface area contributed by atoms with E-state index in [4.69, 9.17) is 0 Å². The molecule has 0 aliphatic carbocycles. The summed E-state index contributed by atoms with van der Waals surface area (Å²) in [7, 11) is 0. The third-order valence-corrected chi connectivity index (χ3v) is 1.26. The quantitative estimate of drug-likeness (QED) is 0.713. The van der Waals surface area contributed by atoms with Crippen molar-refractivity contribution in [2.24, 2.45) is 0 Å². The van der Waals surface area contributed by atoms with Crippen molar-refractivity contribution in [2.75, 3.05) is 6.79 Å². The molecule has 0 fully saturated rings. The highest BCUT2D eigenvalue weighted by Gasteiger charge is 2.31. The number of hydrogen-bond acceptors (Lipinski definition) is 2. The fraction of sp³-hybridized carbons (Fsp3) is 0.250. The molecule has 77 valence electrons. The molecule has 0 aliphatic rings. The van der Waals surface area contributed by atoms with Crippen molar-refractivity contribution in [1.29, 1.82) is 0 Å². The van der Waals surface area contributed by atoms with Gasteiger partial charge in [0.2, 0.25) is 6.79 Å². The van der Waals surface area contributed by atoms with Crippen LogP contribution < -0.4 is 9.47 Å². The fourth-order valence-electron chi connectivity index (χ4n) is 0.829. The number of hydrogen-bond donors (Lipinski definition) is 0. The van der Waals surface area contributed by atoms with Crippen molar-refractivity contribution in [3.8, 4) is 11.5 Å². The van der Waals surface area contributed by atoms with Gasteiger partial charge < -0.3 is 9.47 Å². The molecule has 0 heterocycles. The Morgan fingerprint density at radius 2 is 1.86 bits per heavy atom. The van der Waals surface area contributed by atoms with E-state index in [-0.39, 0.29) is 5.75 Å². The van der Waals surface area contributed by atoms with Gasteiger partial charge in [-0.15, -0.1) is 13.2 Å². The van der Waals surface area contributed by atoms with Crippen LogP contribution in [-0.4, -0.2) is 13.2 Å². The van der Waals surface area contributed by atoms with Crippen molar-refractivity contribution >= 4 is 0 Å². The van der Waals surface area contributed by atoms with E-state index in [9.17, 15) is 18.3 Å². The molecule has 0 saturated heterocycles. The standard InChI is InChI=1S/C8H6F3O3/c9-8(10,11)14-7-3-1-2-6(4-7)13-5-12/h1-4H,5H2. The molecule has 6 heteroatoms. The predicted molar refractivity (Wildman–Crippen MR) is 39.3 cm³/mol. The van der Waals surface area contributed by atoms with E-state index in [1.165, 1.54) is 12.1 Å². The summed E-state index contributed by atoms with van der Waals surface area (Å²) >= 11 is 0. The minimum Gasteiger partial charge on any atom is -0.465 e. The van der Waals surface area contributed by atoms with E-state index in [0.29, 0.717) is 0 Å². The molecular formula is C8H6F3O3. The lowest BCUT2D eigenvalue weighted by Gasteiger charge is -2.09. The van der Waals surface area contributed by atoms with Gasteiger partial charge in [-0.05, 0) is 12.1 Å². The summed E-state index contributed by atoms with van der Waals surface area (Å²) in [6.45, 7) is -0.852. The van der Waals surface area contributed by atoms with Crippen molar-refractivity contribution in [3.63, 3.8) is 0 Å². The lowest BCUT2D eigenvalue weighted by atomic mass is 10.3. The van der Waals surface area contributed by atoms with Gasteiger partial charge >= 0.3 is 6.36 Å². The maximum atomic E-state index is 11.7. The highest BCUT2D eigenvalue weighted by molar-refractivity contribution is 5.32. The normalized spacial score (nSPS) is 11.1. The Kier molecular flexibility index (Phi) is 3.19. The van der Waals surface area contributed by atoms with Gasteiger partial charge in [0.15, 0.2) is 0 Å². The molecule has 0 amide bonds. The third-order valence-electron chi connectivity index (χ3n) is 1.26. The minimum atomic E-state index is -4.74. The van der Waals surface area contributed by atoms with Gasteiger partial charge in [-0.2, -0.15) is 5.11 Å². The molecule has 0 aliphatic heterocycles. The lowest BCUT2D eigenvalue weighted by molar-refractivity contribution is -0.274. The minimum absolute atomic E-state index is 0.0433. The first-order valence-corrected chi connectivity index (χ1v) is 3.58. The molecule has 0 spiro atoms. The Morgan fingerprint density at radius 3 is 2.43 bits per heavy atom. The summed E-state index contributed by atoms with van der Waals surface area (Å²) in [5.74, 6) is -0.370. The summed E-state index contributed by atoms with van der Waals surface area (Å²) in [6, 6.07) is 4.77. The molecule has 1 rings (SSSR count). The van der Waals surface area contributed by atoms with Gasteiger partial charge in [-0.25, -0.2) is 0 Å². The number of benzene rings is 1. The molecular weight excluding hydrogens is 201 g/mol. The van der Waals surface area contributed by atoms with Crippen LogP contribution in [0.5, 0.6) is 11.5 Å². The Hall–Kier alpha value is -1.43. The summed E-state index contributed by atoms with van der Waals surface area (Å²) in [5, 5.41) is 10.0. The number of alkyl halides is 3. The van der Waals surface area contributed by atoms with Gasteiger partial charge in [-0.1, -0.05) is 6.07 Å². The maximum absolute atomic E-state index is 11.7. The van der Waals surface area contributed by atoms with Crippen LogP contribution in [0, 0.1) is 0 Å². The monoisotopic (exact) mass is 207 g/mol. The molecule has 1 radical (unpaired) electrons. The highest BCUT2D eigenvalue weighted by Crippen LogP contribution is 2.25.